The van der Waals surface area contributed by atoms with Crippen LogP contribution in [-0.2, 0) is 20.9 Å². The number of aryl methyl sites for hydroxylation is 1. The molecule has 6 rings (SSSR count). The zero-order chi connectivity index (χ0) is 22.9. The van der Waals surface area contributed by atoms with Gasteiger partial charge in [0.25, 0.3) is 11.8 Å². The Morgan fingerprint density at radius 3 is 2.65 bits per heavy atom. The lowest BCUT2D eigenvalue weighted by atomic mass is 9.89. The molecular weight excluding hydrogens is 456 g/mol. The SMILES string of the molecule is Cc1[nH]c(C=C2C(=O)NC3=C2CC(CN2C(=O)COC2=O)C=C3)c(C)c1CN1C[C@H]2C[C@H]2C1.Cl. The van der Waals surface area contributed by atoms with Crippen molar-refractivity contribution in [3.63, 3.8) is 0 Å². The number of H-pyrrole nitrogens is 1. The largest absolute Gasteiger partial charge is 0.439 e. The lowest BCUT2D eigenvalue weighted by Gasteiger charge is -2.21. The molecule has 1 unspecified atom stereocenters. The van der Waals surface area contributed by atoms with Crippen molar-refractivity contribution in [2.24, 2.45) is 17.8 Å². The van der Waals surface area contributed by atoms with Crippen LogP contribution >= 0.6 is 12.4 Å². The number of hydrogen-bond donors (Lipinski definition) is 2. The number of ether oxygens (including phenoxy) is 1. The molecule has 2 N–H and O–H groups in total. The summed E-state index contributed by atoms with van der Waals surface area (Å²) in [6.45, 7) is 7.64. The summed E-state index contributed by atoms with van der Waals surface area (Å²) >= 11 is 0. The van der Waals surface area contributed by atoms with E-state index in [4.69, 9.17) is 4.74 Å². The molecule has 4 heterocycles. The van der Waals surface area contributed by atoms with Gasteiger partial charge in [0.05, 0.1) is 0 Å². The van der Waals surface area contributed by atoms with E-state index >= 15 is 0 Å². The van der Waals surface area contributed by atoms with Crippen molar-refractivity contribution in [2.45, 2.75) is 33.2 Å². The average molecular weight is 485 g/mol. The van der Waals surface area contributed by atoms with Gasteiger partial charge in [-0.3, -0.25) is 14.5 Å². The fourth-order valence-corrected chi connectivity index (χ4v) is 5.73. The van der Waals surface area contributed by atoms with Gasteiger partial charge in [-0.15, -0.1) is 12.4 Å². The third kappa shape index (κ3) is 3.88. The molecule has 0 aromatic carbocycles. The van der Waals surface area contributed by atoms with Crippen LogP contribution < -0.4 is 5.32 Å². The number of carbonyl (C=O) groups is 3. The van der Waals surface area contributed by atoms with Gasteiger partial charge in [0, 0.05) is 48.8 Å². The molecule has 1 aromatic rings. The van der Waals surface area contributed by atoms with E-state index in [9.17, 15) is 14.4 Å². The van der Waals surface area contributed by atoms with Crippen LogP contribution in [0.5, 0.6) is 0 Å². The first kappa shape index (κ1) is 22.9. The Morgan fingerprint density at radius 2 is 1.94 bits per heavy atom. The summed E-state index contributed by atoms with van der Waals surface area (Å²) < 4.78 is 4.82. The van der Waals surface area contributed by atoms with Gasteiger partial charge in [-0.05, 0) is 73.3 Å². The van der Waals surface area contributed by atoms with E-state index in [-0.39, 0.29) is 43.3 Å². The van der Waals surface area contributed by atoms with Crippen LogP contribution in [0.15, 0.2) is 29.0 Å². The number of imide groups is 1. The number of rotatable bonds is 5. The minimum atomic E-state index is -0.593. The molecule has 3 atom stereocenters. The molecule has 0 bridgehead atoms. The van der Waals surface area contributed by atoms with Crippen LogP contribution in [0.1, 0.15) is 35.4 Å². The fourth-order valence-electron chi connectivity index (χ4n) is 5.73. The second kappa shape index (κ2) is 8.43. The van der Waals surface area contributed by atoms with Crippen molar-refractivity contribution >= 4 is 36.4 Å². The maximum absolute atomic E-state index is 12.8. The average Bonchev–Trinajstić information content (AvgIpc) is 3.00. The topological polar surface area (TPSA) is 94.7 Å². The van der Waals surface area contributed by atoms with Gasteiger partial charge in [0.15, 0.2) is 6.61 Å². The van der Waals surface area contributed by atoms with E-state index < -0.39 is 6.09 Å². The quantitative estimate of drug-likeness (QED) is 0.627. The number of aromatic amines is 1. The maximum atomic E-state index is 12.8. The first-order valence-corrected chi connectivity index (χ1v) is 11.7. The molecule has 3 aliphatic heterocycles. The highest BCUT2D eigenvalue weighted by Crippen LogP contribution is 2.45. The fraction of sp³-hybridized carbons (Fsp3) is 0.480. The van der Waals surface area contributed by atoms with Crippen molar-refractivity contribution in [2.75, 3.05) is 26.2 Å². The van der Waals surface area contributed by atoms with Crippen LogP contribution in [0.3, 0.4) is 0 Å². The molecule has 3 fully saturated rings. The van der Waals surface area contributed by atoms with Crippen molar-refractivity contribution in [1.29, 1.82) is 0 Å². The predicted octanol–water partition coefficient (Wildman–Crippen LogP) is 2.83. The van der Waals surface area contributed by atoms with E-state index in [1.54, 1.807) is 0 Å². The first-order valence-electron chi connectivity index (χ1n) is 11.7. The van der Waals surface area contributed by atoms with Gasteiger partial charge in [-0.1, -0.05) is 6.08 Å². The molecule has 5 aliphatic rings. The molecular formula is C25H29ClN4O4. The van der Waals surface area contributed by atoms with E-state index in [2.05, 4.69) is 29.0 Å². The molecule has 1 aromatic heterocycles. The molecule has 3 amide bonds. The molecule has 1 saturated carbocycles. The molecule has 34 heavy (non-hydrogen) atoms. The number of halogens is 1. The molecule has 8 nitrogen and oxygen atoms in total. The van der Waals surface area contributed by atoms with Gasteiger partial charge < -0.3 is 15.0 Å². The van der Waals surface area contributed by atoms with Crippen molar-refractivity contribution in [1.82, 2.24) is 20.1 Å². The van der Waals surface area contributed by atoms with Gasteiger partial charge in [-0.2, -0.15) is 0 Å². The van der Waals surface area contributed by atoms with E-state index in [0.29, 0.717) is 12.0 Å². The van der Waals surface area contributed by atoms with Crippen LogP contribution in [-0.4, -0.2) is 58.9 Å². The summed E-state index contributed by atoms with van der Waals surface area (Å²) in [4.78, 5) is 43.7. The number of cyclic esters (lactones) is 1. The Bertz CT molecular complexity index is 1150. The van der Waals surface area contributed by atoms with Gasteiger partial charge in [-0.25, -0.2) is 9.69 Å². The number of nitrogens with zero attached hydrogens (tertiary/aromatic N) is 2. The number of carbonyl (C=O) groups excluding carboxylic acids is 3. The second-order valence-corrected chi connectivity index (χ2v) is 10.0. The Kier molecular flexibility index (Phi) is 5.68. The minimum Gasteiger partial charge on any atom is -0.439 e. The van der Waals surface area contributed by atoms with Crippen LogP contribution in [0.2, 0.25) is 0 Å². The van der Waals surface area contributed by atoms with E-state index in [1.807, 2.05) is 18.2 Å². The number of piperidine rings is 1. The van der Waals surface area contributed by atoms with E-state index in [0.717, 1.165) is 45.9 Å². The standard InChI is InChI=1S/C25H28N4O4.ClH/c1-13-20(11-28-9-16-6-17(16)10-28)14(2)26-22(13)7-19-18-5-15(3-4-21(18)27-24(19)31)8-29-23(30)12-33-25(29)32;/h3-4,7,15-17,26H,5-6,8-12H2,1-2H3,(H,27,31);1H/t15?,16-,17+;. The highest BCUT2D eigenvalue weighted by Gasteiger charge is 2.45. The zero-order valence-corrected chi connectivity index (χ0v) is 20.2. The van der Waals surface area contributed by atoms with Crippen LogP contribution in [0, 0.1) is 31.6 Å². The van der Waals surface area contributed by atoms with Gasteiger partial charge >= 0.3 is 6.09 Å². The van der Waals surface area contributed by atoms with E-state index in [1.165, 1.54) is 30.6 Å². The minimum absolute atomic E-state index is 0. The maximum Gasteiger partial charge on any atom is 0.417 e. The number of fused-ring (bicyclic) bond motifs is 1. The second-order valence-electron chi connectivity index (χ2n) is 10.0. The molecule has 0 spiro atoms. The lowest BCUT2D eigenvalue weighted by Crippen LogP contribution is -2.34. The molecule has 2 aliphatic carbocycles. The number of nitrogens with one attached hydrogen (secondary N) is 2. The summed E-state index contributed by atoms with van der Waals surface area (Å²) in [5.74, 6) is 1.32. The number of hydrogen-bond acceptors (Lipinski definition) is 5. The van der Waals surface area contributed by atoms with Gasteiger partial charge in [0.1, 0.15) is 0 Å². The van der Waals surface area contributed by atoms with Crippen molar-refractivity contribution in [3.8, 4) is 0 Å². The first-order chi connectivity index (χ1) is 15.9. The molecule has 9 heteroatoms. The molecule has 2 saturated heterocycles. The highest BCUT2D eigenvalue weighted by molar-refractivity contribution is 6.07. The summed E-state index contributed by atoms with van der Waals surface area (Å²) in [5.41, 5.74) is 7.01. The van der Waals surface area contributed by atoms with Crippen LogP contribution in [0.4, 0.5) is 4.79 Å². The Balaban J connectivity index is 0.00000241. The smallest absolute Gasteiger partial charge is 0.417 e. The lowest BCUT2D eigenvalue weighted by molar-refractivity contribution is -0.126. The van der Waals surface area contributed by atoms with Crippen molar-refractivity contribution in [3.05, 3.63) is 51.5 Å². The summed E-state index contributed by atoms with van der Waals surface area (Å²) in [5, 5.41) is 2.96. The Hall–Kier alpha value is -2.84. The monoisotopic (exact) mass is 484 g/mol. The van der Waals surface area contributed by atoms with Crippen LogP contribution in [0.25, 0.3) is 6.08 Å². The third-order valence-electron chi connectivity index (χ3n) is 7.76. The summed E-state index contributed by atoms with van der Waals surface area (Å²) in [6.07, 6.45) is 7.17. The third-order valence-corrected chi connectivity index (χ3v) is 7.76. The highest BCUT2D eigenvalue weighted by atomic mass is 35.5. The Morgan fingerprint density at radius 1 is 1.18 bits per heavy atom. The normalized spacial score (nSPS) is 28.9. The number of aromatic nitrogens is 1. The van der Waals surface area contributed by atoms with Gasteiger partial charge in [0.2, 0.25) is 0 Å². The summed E-state index contributed by atoms with van der Waals surface area (Å²) in [6, 6.07) is 0. The number of amides is 3. The molecule has 180 valence electrons. The number of allylic oxidation sites excluding steroid dienone is 1. The zero-order valence-electron chi connectivity index (χ0n) is 19.3. The van der Waals surface area contributed by atoms with Crippen molar-refractivity contribution < 1.29 is 19.1 Å². The Labute approximate surface area is 204 Å². The number of likely N-dealkylation sites (tertiary alicyclic amines) is 1. The molecule has 0 radical (unpaired) electrons. The predicted molar refractivity (Wildman–Crippen MR) is 128 cm³/mol. The summed E-state index contributed by atoms with van der Waals surface area (Å²) in [7, 11) is 0.